The highest BCUT2D eigenvalue weighted by Gasteiger charge is 2.30. The number of nitrogens with zero attached hydrogens (tertiary/aromatic N) is 4. The predicted molar refractivity (Wildman–Crippen MR) is 76.2 cm³/mol. The molecule has 7 nitrogen and oxygen atoms in total. The predicted octanol–water partition coefficient (Wildman–Crippen LogP) is 2.11. The van der Waals surface area contributed by atoms with Crippen LogP contribution in [-0.2, 0) is 11.3 Å². The van der Waals surface area contributed by atoms with E-state index in [0.29, 0.717) is 22.2 Å². The fourth-order valence-corrected chi connectivity index (χ4v) is 1.96. The summed E-state index contributed by atoms with van der Waals surface area (Å²) < 4.78 is 6.72. The lowest BCUT2D eigenvalue weighted by Gasteiger charge is -2.19. The largest absolute Gasteiger partial charge is 0.496 e. The number of ether oxygens (including phenoxy) is 1. The van der Waals surface area contributed by atoms with E-state index in [1.807, 2.05) is 0 Å². The Kier molecular flexibility index (Phi) is 4.13. The van der Waals surface area contributed by atoms with Crippen LogP contribution >= 0.6 is 11.6 Å². The molecule has 2 aromatic rings. The van der Waals surface area contributed by atoms with E-state index in [-0.39, 0.29) is 6.54 Å². The molecule has 0 saturated carbocycles. The number of hydrogen-bond donors (Lipinski definition) is 1. The molecule has 0 saturated heterocycles. The van der Waals surface area contributed by atoms with Gasteiger partial charge in [0.25, 0.3) is 0 Å². The number of carbonyl (C=O) groups is 1. The fourth-order valence-electron chi connectivity index (χ4n) is 1.80. The lowest BCUT2D eigenvalue weighted by molar-refractivity contribution is -0.147. The van der Waals surface area contributed by atoms with Crippen molar-refractivity contribution in [2.75, 3.05) is 7.11 Å². The van der Waals surface area contributed by atoms with Gasteiger partial charge < -0.3 is 9.84 Å². The number of methoxy groups -OCH3 is 1. The first-order valence-corrected chi connectivity index (χ1v) is 6.56. The molecule has 0 aliphatic heterocycles. The maximum absolute atomic E-state index is 11.2. The maximum atomic E-state index is 11.2. The minimum absolute atomic E-state index is 0.135. The molecule has 0 radical (unpaired) electrons. The first-order valence-electron chi connectivity index (χ1n) is 6.18. The number of hydrogen-bond acceptors (Lipinski definition) is 5. The summed E-state index contributed by atoms with van der Waals surface area (Å²) in [5.74, 6) is 0.0246. The third kappa shape index (κ3) is 3.13. The van der Waals surface area contributed by atoms with Crippen LogP contribution < -0.4 is 4.74 Å². The summed E-state index contributed by atoms with van der Waals surface area (Å²) in [4.78, 5) is 11.2. The summed E-state index contributed by atoms with van der Waals surface area (Å²) >= 11 is 5.93. The van der Waals surface area contributed by atoms with Crippen LogP contribution in [0.25, 0.3) is 11.4 Å². The van der Waals surface area contributed by atoms with Crippen LogP contribution in [0.5, 0.6) is 5.75 Å². The zero-order valence-electron chi connectivity index (χ0n) is 11.9. The first-order chi connectivity index (χ1) is 9.85. The van der Waals surface area contributed by atoms with Gasteiger partial charge in [-0.25, -0.2) is 4.68 Å². The molecule has 0 fully saturated rings. The van der Waals surface area contributed by atoms with Gasteiger partial charge in [0.1, 0.15) is 5.75 Å². The normalized spacial score (nSPS) is 11.4. The Bertz CT molecular complexity index is 669. The molecule has 0 bridgehead atoms. The summed E-state index contributed by atoms with van der Waals surface area (Å²) in [7, 11) is 1.52. The molecule has 0 aliphatic rings. The van der Waals surface area contributed by atoms with Crippen molar-refractivity contribution in [2.24, 2.45) is 5.41 Å². The Morgan fingerprint density at radius 3 is 2.81 bits per heavy atom. The summed E-state index contributed by atoms with van der Waals surface area (Å²) in [6, 6.07) is 5.08. The van der Waals surface area contributed by atoms with E-state index < -0.39 is 11.4 Å². The quantitative estimate of drug-likeness (QED) is 0.909. The Balaban J connectivity index is 2.44. The lowest BCUT2D eigenvalue weighted by atomic mass is 9.94. The second-order valence-corrected chi connectivity index (χ2v) is 5.63. The number of halogens is 1. The zero-order chi connectivity index (χ0) is 15.6. The van der Waals surface area contributed by atoms with E-state index >= 15 is 0 Å². The molecular weight excluding hydrogens is 296 g/mol. The molecule has 1 aromatic heterocycles. The second-order valence-electron chi connectivity index (χ2n) is 5.19. The van der Waals surface area contributed by atoms with Crippen molar-refractivity contribution in [3.63, 3.8) is 0 Å². The molecule has 1 aromatic carbocycles. The van der Waals surface area contributed by atoms with Crippen LogP contribution in [-0.4, -0.2) is 38.4 Å². The third-order valence-corrected chi connectivity index (χ3v) is 3.30. The summed E-state index contributed by atoms with van der Waals surface area (Å²) in [5, 5.41) is 21.2. The minimum Gasteiger partial charge on any atom is -0.496 e. The molecule has 0 aliphatic carbocycles. The molecule has 21 heavy (non-hydrogen) atoms. The number of aliphatic carboxylic acids is 1. The SMILES string of the molecule is COc1cc(Cl)ccc1-c1nnnn1CC(C)(C)C(=O)O. The zero-order valence-corrected chi connectivity index (χ0v) is 12.6. The van der Waals surface area contributed by atoms with Crippen molar-refractivity contribution < 1.29 is 14.6 Å². The summed E-state index contributed by atoms with van der Waals surface area (Å²) in [5.41, 5.74) is -0.350. The van der Waals surface area contributed by atoms with E-state index in [0.717, 1.165) is 0 Å². The van der Waals surface area contributed by atoms with Crippen molar-refractivity contribution in [1.82, 2.24) is 20.2 Å². The molecule has 1 N–H and O–H groups in total. The van der Waals surface area contributed by atoms with Gasteiger partial charge in [-0.3, -0.25) is 4.79 Å². The summed E-state index contributed by atoms with van der Waals surface area (Å²) in [6.07, 6.45) is 0. The van der Waals surface area contributed by atoms with Gasteiger partial charge >= 0.3 is 5.97 Å². The van der Waals surface area contributed by atoms with Gasteiger partial charge in [0.05, 0.1) is 24.6 Å². The summed E-state index contributed by atoms with van der Waals surface area (Å²) in [6.45, 7) is 3.36. The Labute approximate surface area is 126 Å². The molecular formula is C13H15ClN4O3. The number of benzene rings is 1. The van der Waals surface area contributed by atoms with Gasteiger partial charge in [0, 0.05) is 5.02 Å². The number of aromatic nitrogens is 4. The topological polar surface area (TPSA) is 90.1 Å². The van der Waals surface area contributed by atoms with E-state index in [1.54, 1.807) is 32.0 Å². The van der Waals surface area contributed by atoms with Gasteiger partial charge in [0.2, 0.25) is 0 Å². The molecule has 0 unspecified atom stereocenters. The van der Waals surface area contributed by atoms with Crippen LogP contribution in [0, 0.1) is 5.41 Å². The van der Waals surface area contributed by atoms with Gasteiger partial charge in [-0.1, -0.05) is 11.6 Å². The highest BCUT2D eigenvalue weighted by molar-refractivity contribution is 6.30. The average Bonchev–Trinajstić information content (AvgIpc) is 2.85. The van der Waals surface area contributed by atoms with Crippen LogP contribution in [0.1, 0.15) is 13.8 Å². The molecule has 1 heterocycles. The highest BCUT2D eigenvalue weighted by Crippen LogP contribution is 2.31. The number of carboxylic acid groups (broad SMARTS) is 1. The lowest BCUT2D eigenvalue weighted by Crippen LogP contribution is -2.30. The molecule has 0 spiro atoms. The van der Waals surface area contributed by atoms with Gasteiger partial charge in [-0.05, 0) is 42.5 Å². The number of rotatable bonds is 5. The highest BCUT2D eigenvalue weighted by atomic mass is 35.5. The smallest absolute Gasteiger partial charge is 0.310 e. The van der Waals surface area contributed by atoms with Crippen molar-refractivity contribution in [2.45, 2.75) is 20.4 Å². The Hall–Kier alpha value is -2.15. The maximum Gasteiger partial charge on any atom is 0.310 e. The average molecular weight is 311 g/mol. The van der Waals surface area contributed by atoms with Crippen molar-refractivity contribution in [3.8, 4) is 17.1 Å². The Morgan fingerprint density at radius 2 is 2.19 bits per heavy atom. The van der Waals surface area contributed by atoms with E-state index in [4.69, 9.17) is 16.3 Å². The van der Waals surface area contributed by atoms with Crippen LogP contribution in [0.3, 0.4) is 0 Å². The van der Waals surface area contributed by atoms with E-state index in [9.17, 15) is 9.90 Å². The second kappa shape index (κ2) is 5.69. The van der Waals surface area contributed by atoms with Crippen molar-refractivity contribution in [3.05, 3.63) is 23.2 Å². The molecule has 0 amide bonds. The standard InChI is InChI=1S/C13H15ClN4O3/c1-13(2,12(19)20)7-18-11(15-16-17-18)9-5-4-8(14)6-10(9)21-3/h4-6H,7H2,1-3H3,(H,19,20). The van der Waals surface area contributed by atoms with Crippen molar-refractivity contribution >= 4 is 17.6 Å². The third-order valence-electron chi connectivity index (χ3n) is 3.06. The van der Waals surface area contributed by atoms with Crippen LogP contribution in [0.4, 0.5) is 0 Å². The first kappa shape index (κ1) is 15.2. The minimum atomic E-state index is -0.996. The fraction of sp³-hybridized carbons (Fsp3) is 0.385. The number of carboxylic acids is 1. The van der Waals surface area contributed by atoms with E-state index in [1.165, 1.54) is 11.8 Å². The van der Waals surface area contributed by atoms with Crippen LogP contribution in [0.15, 0.2) is 18.2 Å². The van der Waals surface area contributed by atoms with Gasteiger partial charge in [0.15, 0.2) is 5.82 Å². The monoisotopic (exact) mass is 310 g/mol. The molecule has 0 atom stereocenters. The molecule has 112 valence electrons. The van der Waals surface area contributed by atoms with Gasteiger partial charge in [-0.2, -0.15) is 0 Å². The Morgan fingerprint density at radius 1 is 1.48 bits per heavy atom. The molecule has 2 rings (SSSR count). The number of tetrazole rings is 1. The molecule has 8 heteroatoms. The van der Waals surface area contributed by atoms with E-state index in [2.05, 4.69) is 15.5 Å². The van der Waals surface area contributed by atoms with Crippen molar-refractivity contribution in [1.29, 1.82) is 0 Å². The van der Waals surface area contributed by atoms with Gasteiger partial charge in [-0.15, -0.1) is 5.10 Å². The van der Waals surface area contributed by atoms with Crippen LogP contribution in [0.2, 0.25) is 5.02 Å².